The van der Waals surface area contributed by atoms with Gasteiger partial charge in [-0.25, -0.2) is 9.48 Å². The number of hydrogen-bond donors (Lipinski definition) is 3. The number of halogens is 1. The summed E-state index contributed by atoms with van der Waals surface area (Å²) in [5, 5.41) is 30.1. The van der Waals surface area contributed by atoms with E-state index in [0.717, 1.165) is 77.8 Å². The summed E-state index contributed by atoms with van der Waals surface area (Å²) in [6.07, 6.45) is 7.24. The van der Waals surface area contributed by atoms with E-state index in [-0.39, 0.29) is 30.2 Å². The Labute approximate surface area is 291 Å². The Hall–Kier alpha value is -4.61. The molecule has 0 unspecified atom stereocenters. The molecule has 2 amide bonds. The van der Waals surface area contributed by atoms with Crippen molar-refractivity contribution < 1.29 is 14.6 Å². The molecule has 3 aromatic heterocycles. The van der Waals surface area contributed by atoms with Gasteiger partial charge in [0.1, 0.15) is 17.7 Å². The SMILES string of the molecule is CC(C)(C)c1cc(NC(=O)N[C@H]2CC[C@@H](Oc3ccc4nnc(N5CCCCC5)n4c3)c3ccccc32)n(-c2ccc(Cl)c(CCO)c2)n1. The quantitative estimate of drug-likeness (QED) is 0.159. The lowest BCUT2D eigenvalue weighted by Gasteiger charge is -2.32. The number of hydrogen-bond acceptors (Lipinski definition) is 7. The zero-order valence-corrected chi connectivity index (χ0v) is 29.0. The molecule has 49 heavy (non-hydrogen) atoms. The first-order valence-electron chi connectivity index (χ1n) is 17.1. The summed E-state index contributed by atoms with van der Waals surface area (Å²) in [6.45, 7) is 8.19. The van der Waals surface area contributed by atoms with E-state index in [2.05, 4.69) is 58.6 Å². The molecule has 12 heteroatoms. The van der Waals surface area contributed by atoms with E-state index < -0.39 is 0 Å². The van der Waals surface area contributed by atoms with Gasteiger partial charge in [0.15, 0.2) is 5.65 Å². The molecule has 1 fully saturated rings. The molecule has 0 spiro atoms. The third kappa shape index (κ3) is 6.95. The van der Waals surface area contributed by atoms with Gasteiger partial charge in [0.2, 0.25) is 5.95 Å². The van der Waals surface area contributed by atoms with Crippen molar-refractivity contribution in [3.05, 3.63) is 94.3 Å². The van der Waals surface area contributed by atoms with Gasteiger partial charge in [0, 0.05) is 36.2 Å². The van der Waals surface area contributed by atoms with Gasteiger partial charge >= 0.3 is 6.03 Å². The maximum Gasteiger partial charge on any atom is 0.320 e. The summed E-state index contributed by atoms with van der Waals surface area (Å²) < 4.78 is 10.4. The number of carbonyl (C=O) groups is 1. The van der Waals surface area contributed by atoms with E-state index in [9.17, 15) is 9.90 Å². The molecule has 1 saturated heterocycles. The number of benzene rings is 2. The van der Waals surface area contributed by atoms with Gasteiger partial charge in [-0.2, -0.15) is 5.10 Å². The molecule has 1 aliphatic carbocycles. The Bertz CT molecular complexity index is 1960. The Balaban J connectivity index is 1.09. The van der Waals surface area contributed by atoms with E-state index in [1.165, 1.54) is 6.42 Å². The number of aliphatic hydroxyl groups excluding tert-OH is 1. The van der Waals surface area contributed by atoms with E-state index in [1.807, 2.05) is 53.1 Å². The minimum absolute atomic E-state index is 0.0191. The molecule has 3 N–H and O–H groups in total. The van der Waals surface area contributed by atoms with Crippen LogP contribution in [0.4, 0.5) is 16.6 Å². The van der Waals surface area contributed by atoms with Gasteiger partial charge in [0.25, 0.3) is 0 Å². The summed E-state index contributed by atoms with van der Waals surface area (Å²) in [7, 11) is 0. The second-order valence-corrected chi connectivity index (χ2v) is 14.3. The normalized spacial score (nSPS) is 17.9. The van der Waals surface area contributed by atoms with E-state index in [1.54, 1.807) is 10.7 Å². The number of amides is 2. The molecule has 4 heterocycles. The average molecular weight is 683 g/mol. The van der Waals surface area contributed by atoms with Crippen LogP contribution in [0.3, 0.4) is 0 Å². The van der Waals surface area contributed by atoms with Crippen LogP contribution in [0.2, 0.25) is 5.02 Å². The minimum atomic E-state index is -0.325. The summed E-state index contributed by atoms with van der Waals surface area (Å²) in [4.78, 5) is 15.9. The monoisotopic (exact) mass is 682 g/mol. The predicted octanol–water partition coefficient (Wildman–Crippen LogP) is 7.17. The molecule has 2 aromatic carbocycles. The fourth-order valence-corrected chi connectivity index (χ4v) is 6.99. The van der Waals surface area contributed by atoms with Crippen LogP contribution in [0.1, 0.15) is 87.4 Å². The highest BCUT2D eigenvalue weighted by Gasteiger charge is 2.30. The van der Waals surface area contributed by atoms with E-state index in [4.69, 9.17) is 21.4 Å². The molecule has 256 valence electrons. The number of nitrogens with zero attached hydrogens (tertiary/aromatic N) is 6. The largest absolute Gasteiger partial charge is 0.484 e. The second-order valence-electron chi connectivity index (χ2n) is 13.9. The third-order valence-corrected chi connectivity index (χ3v) is 9.76. The van der Waals surface area contributed by atoms with Crippen molar-refractivity contribution in [1.82, 2.24) is 29.7 Å². The lowest BCUT2D eigenvalue weighted by molar-refractivity contribution is 0.171. The lowest BCUT2D eigenvalue weighted by atomic mass is 9.85. The summed E-state index contributed by atoms with van der Waals surface area (Å²) in [6, 6.07) is 19.0. The van der Waals surface area contributed by atoms with Crippen molar-refractivity contribution in [2.24, 2.45) is 0 Å². The molecule has 2 atom stereocenters. The van der Waals surface area contributed by atoms with Gasteiger partial charge < -0.3 is 20.1 Å². The summed E-state index contributed by atoms with van der Waals surface area (Å²) >= 11 is 6.39. The number of fused-ring (bicyclic) bond motifs is 2. The molecule has 0 saturated carbocycles. The lowest BCUT2D eigenvalue weighted by Crippen LogP contribution is -2.36. The Morgan fingerprint density at radius 2 is 1.80 bits per heavy atom. The topological polar surface area (TPSA) is 122 Å². The van der Waals surface area contributed by atoms with Crippen LogP contribution in [0.15, 0.2) is 66.9 Å². The number of piperidine rings is 1. The standard InChI is InChI=1S/C37H43ClN8O3/c1-37(2,3)32-22-34(46(43-32)25-11-13-29(38)24(21-25)17-20-47)40-35(48)39-30-14-15-31(28-10-6-5-9-27(28)30)49-26-12-16-33-41-42-36(45(33)23-26)44-18-7-4-8-19-44/h5-6,9-13,16,21-23,30-31,47H,4,7-8,14-15,17-20H2,1-3H3,(H2,39,40,48)/t30-,31+/m0/s1. The first-order chi connectivity index (χ1) is 23.7. The Morgan fingerprint density at radius 3 is 2.57 bits per heavy atom. The smallest absolute Gasteiger partial charge is 0.320 e. The fraction of sp³-hybridized carbons (Fsp3) is 0.405. The molecular formula is C37H43ClN8O3. The number of urea groups is 1. The van der Waals surface area contributed by atoms with Crippen LogP contribution in [0.5, 0.6) is 5.75 Å². The number of anilines is 2. The second kappa shape index (κ2) is 13.7. The molecular weight excluding hydrogens is 640 g/mol. The van der Waals surface area contributed by atoms with Gasteiger partial charge in [-0.05, 0) is 85.5 Å². The highest BCUT2D eigenvalue weighted by atomic mass is 35.5. The number of carbonyl (C=O) groups excluding carboxylic acids is 1. The number of ether oxygens (including phenoxy) is 1. The van der Waals surface area contributed by atoms with Gasteiger partial charge in [-0.15, -0.1) is 10.2 Å². The molecule has 0 radical (unpaired) electrons. The number of pyridine rings is 1. The predicted molar refractivity (Wildman–Crippen MR) is 191 cm³/mol. The maximum atomic E-state index is 13.6. The van der Waals surface area contributed by atoms with Crippen molar-refractivity contribution in [3.63, 3.8) is 0 Å². The van der Waals surface area contributed by atoms with Crippen molar-refractivity contribution >= 4 is 35.0 Å². The van der Waals surface area contributed by atoms with Crippen LogP contribution >= 0.6 is 11.6 Å². The zero-order chi connectivity index (χ0) is 34.1. The van der Waals surface area contributed by atoms with Crippen LogP contribution < -0.4 is 20.3 Å². The molecule has 5 aromatic rings. The molecule has 11 nitrogen and oxygen atoms in total. The van der Waals surface area contributed by atoms with Crippen LogP contribution in [-0.2, 0) is 11.8 Å². The van der Waals surface area contributed by atoms with Gasteiger partial charge in [-0.1, -0.05) is 56.6 Å². The first kappa shape index (κ1) is 32.9. The zero-order valence-electron chi connectivity index (χ0n) is 28.2. The molecule has 0 bridgehead atoms. The molecule has 1 aliphatic heterocycles. The first-order valence-corrected chi connectivity index (χ1v) is 17.5. The van der Waals surface area contributed by atoms with Gasteiger partial charge in [0.05, 0.1) is 23.6 Å². The third-order valence-electron chi connectivity index (χ3n) is 9.39. The van der Waals surface area contributed by atoms with Crippen LogP contribution in [0, 0.1) is 0 Å². The Morgan fingerprint density at radius 1 is 1.00 bits per heavy atom. The highest BCUT2D eigenvalue weighted by molar-refractivity contribution is 6.31. The minimum Gasteiger partial charge on any atom is -0.484 e. The van der Waals surface area contributed by atoms with E-state index >= 15 is 0 Å². The van der Waals surface area contributed by atoms with Crippen molar-refractivity contribution in [2.45, 2.75) is 76.9 Å². The number of nitrogens with one attached hydrogen (secondary N) is 2. The van der Waals surface area contributed by atoms with Gasteiger partial charge in [-0.3, -0.25) is 9.72 Å². The number of aromatic nitrogens is 5. The molecule has 7 rings (SSSR count). The molecule has 2 aliphatic rings. The van der Waals surface area contributed by atoms with Crippen LogP contribution in [0.25, 0.3) is 11.3 Å². The van der Waals surface area contributed by atoms with Crippen molar-refractivity contribution in [2.75, 3.05) is 29.9 Å². The number of rotatable bonds is 8. The van der Waals surface area contributed by atoms with Crippen molar-refractivity contribution in [1.29, 1.82) is 0 Å². The maximum absolute atomic E-state index is 13.6. The van der Waals surface area contributed by atoms with Crippen molar-refractivity contribution in [3.8, 4) is 11.4 Å². The summed E-state index contributed by atoms with van der Waals surface area (Å²) in [5.41, 5.74) is 5.02. The summed E-state index contributed by atoms with van der Waals surface area (Å²) in [5.74, 6) is 2.15. The fourth-order valence-electron chi connectivity index (χ4n) is 6.77. The van der Waals surface area contributed by atoms with E-state index in [0.29, 0.717) is 23.7 Å². The number of aliphatic hydroxyl groups is 1. The Kier molecular flexibility index (Phi) is 9.21. The highest BCUT2D eigenvalue weighted by Crippen LogP contribution is 2.39. The average Bonchev–Trinajstić information content (AvgIpc) is 3.72. The van der Waals surface area contributed by atoms with Crippen LogP contribution in [-0.4, -0.2) is 55.2 Å².